The molecule has 0 bridgehead atoms. The Morgan fingerprint density at radius 3 is 2.91 bits per heavy atom. The Labute approximate surface area is 134 Å². The molecule has 4 heteroatoms. The van der Waals surface area contributed by atoms with Crippen LogP contribution in [0.15, 0.2) is 40.8 Å². The van der Waals surface area contributed by atoms with Crippen LogP contribution in [0.5, 0.6) is 0 Å². The van der Waals surface area contributed by atoms with Crippen molar-refractivity contribution in [2.45, 2.75) is 25.9 Å². The molecule has 2 aromatic carbocycles. The summed E-state index contributed by atoms with van der Waals surface area (Å²) >= 11 is 0. The van der Waals surface area contributed by atoms with Crippen molar-refractivity contribution < 1.29 is 13.9 Å². The summed E-state index contributed by atoms with van der Waals surface area (Å²) in [7, 11) is 0. The number of hydrogen-bond donors (Lipinski definition) is 1. The van der Waals surface area contributed by atoms with Gasteiger partial charge in [-0.2, -0.15) is 0 Å². The molecule has 1 amide bonds. The quantitative estimate of drug-likeness (QED) is 0.800. The lowest BCUT2D eigenvalue weighted by molar-refractivity contribution is 0.0836. The van der Waals surface area contributed by atoms with Gasteiger partial charge in [0, 0.05) is 29.5 Å². The summed E-state index contributed by atoms with van der Waals surface area (Å²) in [6.07, 6.45) is 2.20. The number of aryl methyl sites for hydroxylation is 1. The first-order valence-corrected chi connectivity index (χ1v) is 8.04. The molecule has 1 N–H and O–H groups in total. The fourth-order valence-electron chi connectivity index (χ4n) is 3.26. The standard InChI is InChI=1S/C19H19NO3/c1-12-15-9-8-13-5-2-3-7-16(13)18(15)23-17(12)19(21)20-11-14-6-4-10-22-14/h2-3,5,7-9,14H,4,6,10-11H2,1H3,(H,20,21)/t14-/m0/s1. The van der Waals surface area contributed by atoms with Gasteiger partial charge in [-0.05, 0) is 25.2 Å². The number of carbonyl (C=O) groups is 1. The predicted molar refractivity (Wildman–Crippen MR) is 89.8 cm³/mol. The first-order chi connectivity index (χ1) is 11.2. The average molecular weight is 309 g/mol. The number of furan rings is 1. The number of benzene rings is 2. The van der Waals surface area contributed by atoms with Gasteiger partial charge in [0.2, 0.25) is 0 Å². The Morgan fingerprint density at radius 1 is 1.22 bits per heavy atom. The highest BCUT2D eigenvalue weighted by Gasteiger charge is 2.21. The summed E-state index contributed by atoms with van der Waals surface area (Å²) < 4.78 is 11.5. The molecule has 1 aliphatic rings. The van der Waals surface area contributed by atoms with E-state index in [2.05, 4.69) is 11.4 Å². The summed E-state index contributed by atoms with van der Waals surface area (Å²) in [5.74, 6) is 0.229. The minimum atomic E-state index is -0.168. The highest BCUT2D eigenvalue weighted by atomic mass is 16.5. The van der Waals surface area contributed by atoms with Crippen LogP contribution in [-0.2, 0) is 4.74 Å². The van der Waals surface area contributed by atoms with Crippen LogP contribution in [-0.4, -0.2) is 25.2 Å². The largest absolute Gasteiger partial charge is 0.450 e. The topological polar surface area (TPSA) is 51.5 Å². The van der Waals surface area contributed by atoms with Gasteiger partial charge in [-0.25, -0.2) is 0 Å². The van der Waals surface area contributed by atoms with Crippen LogP contribution in [0.25, 0.3) is 21.7 Å². The fraction of sp³-hybridized carbons (Fsp3) is 0.316. The first-order valence-electron chi connectivity index (χ1n) is 8.04. The van der Waals surface area contributed by atoms with E-state index in [0.717, 1.165) is 46.8 Å². The first kappa shape index (κ1) is 14.3. The molecule has 0 saturated carbocycles. The maximum atomic E-state index is 12.5. The van der Waals surface area contributed by atoms with E-state index in [9.17, 15) is 4.79 Å². The van der Waals surface area contributed by atoms with E-state index >= 15 is 0 Å². The number of amides is 1. The zero-order valence-electron chi connectivity index (χ0n) is 13.1. The third-order valence-corrected chi connectivity index (χ3v) is 4.55. The van der Waals surface area contributed by atoms with Gasteiger partial charge in [-0.15, -0.1) is 0 Å². The van der Waals surface area contributed by atoms with Gasteiger partial charge in [0.25, 0.3) is 5.91 Å². The molecule has 1 aliphatic heterocycles. The Kier molecular flexibility index (Phi) is 3.54. The molecule has 23 heavy (non-hydrogen) atoms. The van der Waals surface area contributed by atoms with E-state index in [0.29, 0.717) is 12.3 Å². The van der Waals surface area contributed by atoms with E-state index in [1.165, 1.54) is 0 Å². The maximum absolute atomic E-state index is 12.5. The van der Waals surface area contributed by atoms with Gasteiger partial charge >= 0.3 is 0 Å². The maximum Gasteiger partial charge on any atom is 0.287 e. The SMILES string of the molecule is Cc1c(C(=O)NC[C@@H]2CCCO2)oc2c1ccc1ccccc12. The van der Waals surface area contributed by atoms with Crippen molar-refractivity contribution in [3.8, 4) is 0 Å². The van der Waals surface area contributed by atoms with Crippen molar-refractivity contribution in [1.82, 2.24) is 5.32 Å². The molecule has 0 spiro atoms. The molecule has 118 valence electrons. The molecule has 0 unspecified atom stereocenters. The monoisotopic (exact) mass is 309 g/mol. The summed E-state index contributed by atoms with van der Waals surface area (Å²) in [6, 6.07) is 12.1. The molecule has 4 rings (SSSR count). The Bertz CT molecular complexity index is 875. The zero-order chi connectivity index (χ0) is 15.8. The number of ether oxygens (including phenoxy) is 1. The van der Waals surface area contributed by atoms with E-state index in [1.54, 1.807) is 0 Å². The van der Waals surface area contributed by atoms with Crippen molar-refractivity contribution in [1.29, 1.82) is 0 Å². The smallest absolute Gasteiger partial charge is 0.287 e. The second kappa shape index (κ2) is 5.70. The lowest BCUT2D eigenvalue weighted by atomic mass is 10.1. The van der Waals surface area contributed by atoms with Gasteiger partial charge in [-0.1, -0.05) is 36.4 Å². The molecule has 2 heterocycles. The van der Waals surface area contributed by atoms with Gasteiger partial charge in [0.1, 0.15) is 5.58 Å². The fourth-order valence-corrected chi connectivity index (χ4v) is 3.26. The summed E-state index contributed by atoms with van der Waals surface area (Å²) in [6.45, 7) is 3.26. The summed E-state index contributed by atoms with van der Waals surface area (Å²) in [4.78, 5) is 12.5. The number of fused-ring (bicyclic) bond motifs is 3. The minimum Gasteiger partial charge on any atom is -0.450 e. The van der Waals surface area contributed by atoms with Crippen LogP contribution in [0.3, 0.4) is 0 Å². The molecule has 1 aromatic heterocycles. The number of nitrogens with one attached hydrogen (secondary N) is 1. The molecule has 4 nitrogen and oxygen atoms in total. The van der Waals surface area contributed by atoms with Crippen molar-refractivity contribution in [3.05, 3.63) is 47.7 Å². The van der Waals surface area contributed by atoms with Crippen LogP contribution >= 0.6 is 0 Å². The van der Waals surface area contributed by atoms with Crippen molar-refractivity contribution in [2.75, 3.05) is 13.2 Å². The molecule has 3 aromatic rings. The lowest BCUT2D eigenvalue weighted by Gasteiger charge is -2.09. The van der Waals surface area contributed by atoms with E-state index in [-0.39, 0.29) is 12.0 Å². The van der Waals surface area contributed by atoms with Crippen LogP contribution in [0.2, 0.25) is 0 Å². The highest BCUT2D eigenvalue weighted by molar-refractivity contribution is 6.08. The summed E-state index contributed by atoms with van der Waals surface area (Å²) in [5, 5.41) is 6.07. The average Bonchev–Trinajstić information content (AvgIpc) is 3.21. The molecule has 0 aliphatic carbocycles. The Balaban J connectivity index is 1.68. The van der Waals surface area contributed by atoms with Crippen molar-refractivity contribution >= 4 is 27.6 Å². The predicted octanol–water partition coefficient (Wildman–Crippen LogP) is 3.80. The molecular weight excluding hydrogens is 290 g/mol. The Morgan fingerprint density at radius 2 is 2.09 bits per heavy atom. The van der Waals surface area contributed by atoms with Crippen LogP contribution in [0.1, 0.15) is 29.0 Å². The van der Waals surface area contributed by atoms with Gasteiger partial charge in [-0.3, -0.25) is 4.79 Å². The van der Waals surface area contributed by atoms with E-state index < -0.39 is 0 Å². The van der Waals surface area contributed by atoms with E-state index in [4.69, 9.17) is 9.15 Å². The molecule has 1 atom stereocenters. The van der Waals surface area contributed by atoms with Gasteiger partial charge < -0.3 is 14.5 Å². The second-order valence-corrected chi connectivity index (χ2v) is 6.06. The molecule has 0 radical (unpaired) electrons. The normalized spacial score (nSPS) is 17.9. The third-order valence-electron chi connectivity index (χ3n) is 4.55. The lowest BCUT2D eigenvalue weighted by Crippen LogP contribution is -2.31. The summed E-state index contributed by atoms with van der Waals surface area (Å²) in [5.41, 5.74) is 1.67. The minimum absolute atomic E-state index is 0.129. The van der Waals surface area contributed by atoms with Crippen LogP contribution < -0.4 is 5.32 Å². The third kappa shape index (κ3) is 2.49. The zero-order valence-corrected chi connectivity index (χ0v) is 13.1. The number of hydrogen-bond acceptors (Lipinski definition) is 3. The molecular formula is C19H19NO3. The molecule has 1 fully saturated rings. The van der Waals surface area contributed by atoms with Gasteiger partial charge in [0.15, 0.2) is 5.76 Å². The van der Waals surface area contributed by atoms with E-state index in [1.807, 2.05) is 37.3 Å². The Hall–Kier alpha value is -2.33. The highest BCUT2D eigenvalue weighted by Crippen LogP contribution is 2.31. The number of rotatable bonds is 3. The number of carbonyl (C=O) groups excluding carboxylic acids is 1. The van der Waals surface area contributed by atoms with Crippen molar-refractivity contribution in [3.63, 3.8) is 0 Å². The van der Waals surface area contributed by atoms with Crippen LogP contribution in [0, 0.1) is 6.92 Å². The second-order valence-electron chi connectivity index (χ2n) is 6.06. The van der Waals surface area contributed by atoms with Gasteiger partial charge in [0.05, 0.1) is 6.10 Å². The van der Waals surface area contributed by atoms with Crippen LogP contribution in [0.4, 0.5) is 0 Å². The molecule has 1 saturated heterocycles. The van der Waals surface area contributed by atoms with Crippen molar-refractivity contribution in [2.24, 2.45) is 0 Å².